The van der Waals surface area contributed by atoms with Crippen molar-refractivity contribution in [2.45, 2.75) is 13.0 Å². The van der Waals surface area contributed by atoms with Crippen LogP contribution < -0.4 is 5.32 Å². The molecule has 3 heterocycles. The number of rotatable bonds is 3. The predicted molar refractivity (Wildman–Crippen MR) is 78.1 cm³/mol. The Morgan fingerprint density at radius 3 is 2.80 bits per heavy atom. The molecule has 0 amide bonds. The van der Waals surface area contributed by atoms with E-state index in [1.165, 1.54) is 0 Å². The van der Waals surface area contributed by atoms with Gasteiger partial charge in [0.2, 0.25) is 0 Å². The first-order chi connectivity index (χ1) is 9.84. The Hall–Kier alpha value is -1.85. The van der Waals surface area contributed by atoms with Crippen molar-refractivity contribution in [2.24, 2.45) is 0 Å². The average Bonchev–Trinajstić information content (AvgIpc) is 2.56. The summed E-state index contributed by atoms with van der Waals surface area (Å²) in [4.78, 5) is 15.7. The predicted octanol–water partition coefficient (Wildman–Crippen LogP) is 1.50. The third-order valence-corrected chi connectivity index (χ3v) is 3.70. The van der Waals surface area contributed by atoms with Crippen LogP contribution in [0.1, 0.15) is 18.8 Å². The van der Waals surface area contributed by atoms with E-state index in [1.807, 2.05) is 30.6 Å². The molecule has 1 N–H and O–H groups in total. The zero-order valence-corrected chi connectivity index (χ0v) is 11.7. The van der Waals surface area contributed by atoms with Crippen LogP contribution in [-0.4, -0.2) is 46.0 Å². The van der Waals surface area contributed by atoms with Gasteiger partial charge in [0.15, 0.2) is 0 Å². The Morgan fingerprint density at radius 1 is 1.20 bits per heavy atom. The number of nitrogens with one attached hydrogen (secondary N) is 1. The van der Waals surface area contributed by atoms with Crippen molar-refractivity contribution < 1.29 is 0 Å². The molecule has 5 nitrogen and oxygen atoms in total. The highest BCUT2D eigenvalue weighted by molar-refractivity contribution is 5.56. The molecule has 20 heavy (non-hydrogen) atoms. The van der Waals surface area contributed by atoms with E-state index in [2.05, 4.69) is 27.1 Å². The van der Waals surface area contributed by atoms with Crippen LogP contribution in [-0.2, 0) is 0 Å². The van der Waals surface area contributed by atoms with E-state index < -0.39 is 0 Å². The second-order valence-electron chi connectivity index (χ2n) is 5.00. The number of aromatic nitrogens is 3. The van der Waals surface area contributed by atoms with Crippen molar-refractivity contribution in [3.8, 4) is 11.3 Å². The fraction of sp³-hybridized carbons (Fsp3) is 0.400. The number of piperazine rings is 1. The lowest BCUT2D eigenvalue weighted by atomic mass is 10.2. The maximum absolute atomic E-state index is 4.70. The van der Waals surface area contributed by atoms with Crippen molar-refractivity contribution in [1.82, 2.24) is 25.2 Å². The highest BCUT2D eigenvalue weighted by Crippen LogP contribution is 2.20. The standard InChI is InChI=1S/C15H19N5/c1-12(20-9-7-16-8-10-20)15-18-6-4-14(19-15)13-3-2-5-17-11-13/h2-6,11-12,16H,7-10H2,1H3. The van der Waals surface area contributed by atoms with Crippen LogP contribution in [0.25, 0.3) is 11.3 Å². The van der Waals surface area contributed by atoms with E-state index in [0.717, 1.165) is 43.3 Å². The molecule has 1 aliphatic rings. The number of hydrogen-bond donors (Lipinski definition) is 1. The van der Waals surface area contributed by atoms with E-state index in [-0.39, 0.29) is 6.04 Å². The molecule has 5 heteroatoms. The minimum atomic E-state index is 0.244. The molecule has 1 unspecified atom stereocenters. The molecule has 2 aromatic rings. The summed E-state index contributed by atoms with van der Waals surface area (Å²) in [6, 6.07) is 6.13. The zero-order chi connectivity index (χ0) is 13.8. The summed E-state index contributed by atoms with van der Waals surface area (Å²) in [5.74, 6) is 0.883. The van der Waals surface area contributed by atoms with Gasteiger partial charge in [0.05, 0.1) is 11.7 Å². The SMILES string of the molecule is CC(c1nccc(-c2cccnc2)n1)N1CCNCC1. The second kappa shape index (κ2) is 6.07. The zero-order valence-electron chi connectivity index (χ0n) is 11.7. The number of pyridine rings is 1. The Kier molecular flexibility index (Phi) is 3.99. The highest BCUT2D eigenvalue weighted by Gasteiger charge is 2.20. The van der Waals surface area contributed by atoms with Gasteiger partial charge in [-0.15, -0.1) is 0 Å². The molecule has 0 saturated carbocycles. The van der Waals surface area contributed by atoms with Crippen molar-refractivity contribution in [2.75, 3.05) is 26.2 Å². The van der Waals surface area contributed by atoms with Gasteiger partial charge in [-0.25, -0.2) is 9.97 Å². The van der Waals surface area contributed by atoms with Crippen molar-refractivity contribution in [3.63, 3.8) is 0 Å². The van der Waals surface area contributed by atoms with Gasteiger partial charge >= 0.3 is 0 Å². The fourth-order valence-electron chi connectivity index (χ4n) is 2.48. The lowest BCUT2D eigenvalue weighted by Crippen LogP contribution is -2.44. The summed E-state index contributed by atoms with van der Waals surface area (Å²) in [5.41, 5.74) is 1.97. The van der Waals surface area contributed by atoms with Gasteiger partial charge in [-0.2, -0.15) is 0 Å². The van der Waals surface area contributed by atoms with E-state index in [9.17, 15) is 0 Å². The molecule has 3 rings (SSSR count). The van der Waals surface area contributed by atoms with Gasteiger partial charge in [-0.3, -0.25) is 9.88 Å². The molecule has 104 valence electrons. The maximum atomic E-state index is 4.70. The summed E-state index contributed by atoms with van der Waals surface area (Å²) in [7, 11) is 0. The minimum absolute atomic E-state index is 0.244. The summed E-state index contributed by atoms with van der Waals surface area (Å²) >= 11 is 0. The van der Waals surface area contributed by atoms with E-state index in [0.29, 0.717) is 0 Å². The molecule has 2 aromatic heterocycles. The molecule has 1 atom stereocenters. The Balaban J connectivity index is 1.83. The molecule has 0 radical (unpaired) electrons. The van der Waals surface area contributed by atoms with Gasteiger partial charge in [0.1, 0.15) is 5.82 Å². The molecule has 0 bridgehead atoms. The minimum Gasteiger partial charge on any atom is -0.314 e. The van der Waals surface area contributed by atoms with E-state index in [4.69, 9.17) is 4.98 Å². The van der Waals surface area contributed by atoms with Gasteiger partial charge in [-0.05, 0) is 25.1 Å². The Bertz CT molecular complexity index is 551. The third kappa shape index (κ3) is 2.84. The van der Waals surface area contributed by atoms with Crippen molar-refractivity contribution in [1.29, 1.82) is 0 Å². The van der Waals surface area contributed by atoms with Crippen LogP contribution in [0.15, 0.2) is 36.8 Å². The first-order valence-corrected chi connectivity index (χ1v) is 7.03. The lowest BCUT2D eigenvalue weighted by molar-refractivity contribution is 0.179. The van der Waals surface area contributed by atoms with Crippen LogP contribution >= 0.6 is 0 Å². The molecular weight excluding hydrogens is 250 g/mol. The molecule has 1 saturated heterocycles. The van der Waals surface area contributed by atoms with E-state index in [1.54, 1.807) is 6.20 Å². The van der Waals surface area contributed by atoms with Gasteiger partial charge in [0, 0.05) is 50.3 Å². The van der Waals surface area contributed by atoms with E-state index >= 15 is 0 Å². The Labute approximate surface area is 119 Å². The topological polar surface area (TPSA) is 53.9 Å². The fourth-order valence-corrected chi connectivity index (χ4v) is 2.48. The average molecular weight is 269 g/mol. The van der Waals surface area contributed by atoms with Gasteiger partial charge < -0.3 is 5.32 Å². The highest BCUT2D eigenvalue weighted by atomic mass is 15.2. The largest absolute Gasteiger partial charge is 0.314 e. The molecule has 1 aliphatic heterocycles. The molecule has 1 fully saturated rings. The molecular formula is C15H19N5. The quantitative estimate of drug-likeness (QED) is 0.915. The second-order valence-corrected chi connectivity index (χ2v) is 5.00. The maximum Gasteiger partial charge on any atom is 0.145 e. The smallest absolute Gasteiger partial charge is 0.145 e. The molecule has 0 aromatic carbocycles. The van der Waals surface area contributed by atoms with Crippen LogP contribution in [0.2, 0.25) is 0 Å². The first-order valence-electron chi connectivity index (χ1n) is 7.03. The monoisotopic (exact) mass is 269 g/mol. The normalized spacial score (nSPS) is 17.9. The number of hydrogen-bond acceptors (Lipinski definition) is 5. The van der Waals surface area contributed by atoms with Crippen molar-refractivity contribution in [3.05, 3.63) is 42.6 Å². The van der Waals surface area contributed by atoms with Gasteiger partial charge in [-0.1, -0.05) is 0 Å². The Morgan fingerprint density at radius 2 is 2.05 bits per heavy atom. The van der Waals surface area contributed by atoms with Crippen LogP contribution in [0.5, 0.6) is 0 Å². The summed E-state index contributed by atoms with van der Waals surface area (Å²) in [6.07, 6.45) is 5.44. The van der Waals surface area contributed by atoms with Crippen molar-refractivity contribution >= 4 is 0 Å². The van der Waals surface area contributed by atoms with Crippen LogP contribution in [0.4, 0.5) is 0 Å². The number of nitrogens with zero attached hydrogens (tertiary/aromatic N) is 4. The summed E-state index contributed by atoms with van der Waals surface area (Å²) in [6.45, 7) is 6.33. The third-order valence-electron chi connectivity index (χ3n) is 3.70. The first kappa shape index (κ1) is 13.1. The van der Waals surface area contributed by atoms with Crippen LogP contribution in [0.3, 0.4) is 0 Å². The summed E-state index contributed by atoms with van der Waals surface area (Å²) < 4.78 is 0. The summed E-state index contributed by atoms with van der Waals surface area (Å²) in [5, 5.41) is 3.37. The molecule has 0 aliphatic carbocycles. The molecule has 0 spiro atoms. The lowest BCUT2D eigenvalue weighted by Gasteiger charge is -2.31. The van der Waals surface area contributed by atoms with Crippen LogP contribution in [0, 0.1) is 0 Å². The van der Waals surface area contributed by atoms with Gasteiger partial charge in [0.25, 0.3) is 0 Å².